The molecule has 0 aromatic heterocycles. The number of nitrogens with zero attached hydrogens (tertiary/aromatic N) is 1. The molecule has 0 aliphatic carbocycles. The molecule has 4 rings (SSSR count). The molecule has 1 aromatic carbocycles. The number of carbonyl (C=O) groups is 3. The van der Waals surface area contributed by atoms with E-state index >= 15 is 0 Å². The predicted octanol–water partition coefficient (Wildman–Crippen LogP) is 3.00. The van der Waals surface area contributed by atoms with Gasteiger partial charge in [0.2, 0.25) is 11.8 Å². The monoisotopic (exact) mass is 556 g/mol. The Bertz CT molecular complexity index is 961. The summed E-state index contributed by atoms with van der Waals surface area (Å²) in [5.41, 5.74) is -0.680. The molecule has 0 saturated carbocycles. The minimum absolute atomic E-state index is 0.0759. The van der Waals surface area contributed by atoms with E-state index in [0.29, 0.717) is 23.6 Å². The number of rotatable bonds is 8. The average molecular weight is 558 g/mol. The van der Waals surface area contributed by atoms with E-state index in [1.165, 1.54) is 4.90 Å². The number of alkyl halides is 1. The van der Waals surface area contributed by atoms with Crippen LogP contribution in [0.5, 0.6) is 0 Å². The van der Waals surface area contributed by atoms with Crippen molar-refractivity contribution in [3.05, 3.63) is 29.3 Å². The van der Waals surface area contributed by atoms with Gasteiger partial charge in [0.25, 0.3) is 0 Å². The number of anilines is 1. The summed E-state index contributed by atoms with van der Waals surface area (Å²) in [6.45, 7) is 5.48. The van der Waals surface area contributed by atoms with Crippen molar-refractivity contribution in [2.45, 2.75) is 62.2 Å². The molecule has 2 N–H and O–H groups in total. The molecule has 10 heteroatoms. The van der Waals surface area contributed by atoms with Crippen molar-refractivity contribution in [2.24, 2.45) is 17.8 Å². The molecule has 3 heterocycles. The second-order valence-corrected chi connectivity index (χ2v) is 10.9. The fourth-order valence-electron chi connectivity index (χ4n) is 5.79. The first-order chi connectivity index (χ1) is 16.2. The standard InChI is InChI=1S/C24H30BrClN2O6/c1-4-12(3)16(11-29)28-20(21(30)27-14-8-6-13(26)7-9-14)24-10-15(25)19(34-24)17(18(24)22(28)31)23(32)33-5-2/h6-9,12,15-20,29H,4-5,10-11H2,1-3H3,(H,27,30)/t12-,15?,16-,17+,18-,19+,20+,24-/m0/s1. The van der Waals surface area contributed by atoms with Crippen molar-refractivity contribution in [3.63, 3.8) is 0 Å². The van der Waals surface area contributed by atoms with Crippen molar-refractivity contribution in [1.29, 1.82) is 0 Å². The van der Waals surface area contributed by atoms with Crippen molar-refractivity contribution in [1.82, 2.24) is 4.90 Å². The van der Waals surface area contributed by atoms with Crippen molar-refractivity contribution >= 4 is 51.0 Å². The van der Waals surface area contributed by atoms with E-state index < -0.39 is 47.5 Å². The normalized spacial score (nSPS) is 33.5. The van der Waals surface area contributed by atoms with E-state index in [2.05, 4.69) is 21.2 Å². The summed E-state index contributed by atoms with van der Waals surface area (Å²) < 4.78 is 11.7. The summed E-state index contributed by atoms with van der Waals surface area (Å²) in [6, 6.07) is 5.06. The summed E-state index contributed by atoms with van der Waals surface area (Å²) in [5.74, 6) is -3.03. The van der Waals surface area contributed by atoms with E-state index in [-0.39, 0.29) is 29.9 Å². The Balaban J connectivity index is 1.78. The maximum Gasteiger partial charge on any atom is 0.312 e. The van der Waals surface area contributed by atoms with Gasteiger partial charge in [-0.05, 0) is 43.5 Å². The fraction of sp³-hybridized carbons (Fsp3) is 0.625. The van der Waals surface area contributed by atoms with Crippen LogP contribution in [0.4, 0.5) is 5.69 Å². The van der Waals surface area contributed by atoms with Crippen molar-refractivity contribution in [3.8, 4) is 0 Å². The number of nitrogens with one attached hydrogen (secondary N) is 1. The lowest BCUT2D eigenvalue weighted by Gasteiger charge is -2.38. The van der Waals surface area contributed by atoms with Gasteiger partial charge in [-0.3, -0.25) is 14.4 Å². The van der Waals surface area contributed by atoms with Crippen LogP contribution < -0.4 is 5.32 Å². The van der Waals surface area contributed by atoms with Crippen LogP contribution in [0, 0.1) is 17.8 Å². The number of fused-ring (bicyclic) bond motifs is 1. The molecule has 2 amide bonds. The molecular weight excluding hydrogens is 528 g/mol. The van der Waals surface area contributed by atoms with Crippen molar-refractivity contribution < 1.29 is 29.0 Å². The number of ether oxygens (including phenoxy) is 2. The third kappa shape index (κ3) is 3.94. The van der Waals surface area contributed by atoms with E-state index in [1.54, 1.807) is 31.2 Å². The van der Waals surface area contributed by atoms with Gasteiger partial charge in [-0.1, -0.05) is 47.8 Å². The van der Waals surface area contributed by atoms with Crippen molar-refractivity contribution in [2.75, 3.05) is 18.5 Å². The number of aliphatic hydroxyl groups is 1. The molecule has 0 radical (unpaired) electrons. The number of carbonyl (C=O) groups excluding carboxylic acids is 3. The third-order valence-corrected chi connectivity index (χ3v) is 8.59. The molecule has 3 saturated heterocycles. The zero-order valence-corrected chi connectivity index (χ0v) is 21.7. The second kappa shape index (κ2) is 9.76. The number of benzene rings is 1. The molecule has 1 unspecified atom stereocenters. The lowest BCUT2D eigenvalue weighted by molar-refractivity contribution is -0.155. The molecule has 34 heavy (non-hydrogen) atoms. The first-order valence-corrected chi connectivity index (χ1v) is 13.0. The SMILES string of the molecule is CCOC(=O)[C@H]1[C@@H]2O[C@@]3(CC2Br)[C@@H]1C(=O)N([C@@H](CO)[C@@H](C)CC)[C@@H]3C(=O)Nc1ccc(Cl)cc1. The Hall–Kier alpha value is -1.68. The molecule has 1 aromatic rings. The van der Waals surface area contributed by atoms with Crippen LogP contribution >= 0.6 is 27.5 Å². The van der Waals surface area contributed by atoms with Crippen LogP contribution in [0.15, 0.2) is 24.3 Å². The van der Waals surface area contributed by atoms with Crippen LogP contribution in [0.3, 0.4) is 0 Å². The Kier molecular flexibility index (Phi) is 7.29. The maximum atomic E-state index is 13.9. The number of esters is 1. The molecule has 3 aliphatic heterocycles. The summed E-state index contributed by atoms with van der Waals surface area (Å²) in [7, 11) is 0. The Morgan fingerprint density at radius 1 is 1.35 bits per heavy atom. The van der Waals surface area contributed by atoms with Gasteiger partial charge in [0.15, 0.2) is 0 Å². The molecule has 3 aliphatic rings. The summed E-state index contributed by atoms with van der Waals surface area (Å²) >= 11 is 9.59. The molecule has 2 bridgehead atoms. The number of likely N-dealkylation sites (tertiary alicyclic amines) is 1. The van der Waals surface area contributed by atoms with E-state index in [1.807, 2.05) is 13.8 Å². The zero-order valence-electron chi connectivity index (χ0n) is 19.4. The summed E-state index contributed by atoms with van der Waals surface area (Å²) in [4.78, 5) is 41.9. The highest BCUT2D eigenvalue weighted by Gasteiger charge is 2.77. The van der Waals surface area contributed by atoms with Gasteiger partial charge in [-0.15, -0.1) is 0 Å². The number of hydrogen-bond donors (Lipinski definition) is 2. The van der Waals surface area contributed by atoms with E-state index in [0.717, 1.165) is 0 Å². The summed E-state index contributed by atoms with van der Waals surface area (Å²) in [5, 5.41) is 13.7. The minimum atomic E-state index is -1.20. The van der Waals surface area contributed by atoms with E-state index in [4.69, 9.17) is 21.1 Å². The predicted molar refractivity (Wildman–Crippen MR) is 130 cm³/mol. The van der Waals surface area contributed by atoms with Gasteiger partial charge >= 0.3 is 5.97 Å². The van der Waals surface area contributed by atoms with Gasteiger partial charge in [0, 0.05) is 15.5 Å². The fourth-order valence-corrected chi connectivity index (χ4v) is 6.86. The number of aliphatic hydroxyl groups excluding tert-OH is 1. The highest BCUT2D eigenvalue weighted by molar-refractivity contribution is 9.09. The molecule has 1 spiro atoms. The maximum absolute atomic E-state index is 13.9. The highest BCUT2D eigenvalue weighted by Crippen LogP contribution is 2.60. The van der Waals surface area contributed by atoms with Gasteiger partial charge in [0.05, 0.1) is 37.2 Å². The molecular formula is C24H30BrClN2O6. The van der Waals surface area contributed by atoms with E-state index in [9.17, 15) is 19.5 Å². The van der Waals surface area contributed by atoms with Crippen LogP contribution in [-0.4, -0.2) is 69.6 Å². The van der Waals surface area contributed by atoms with Gasteiger partial charge in [-0.2, -0.15) is 0 Å². The van der Waals surface area contributed by atoms with Crippen LogP contribution in [-0.2, 0) is 23.9 Å². The Morgan fingerprint density at radius 3 is 2.62 bits per heavy atom. The van der Waals surface area contributed by atoms with Gasteiger partial charge < -0.3 is 24.8 Å². The molecule has 8 nitrogen and oxygen atoms in total. The quantitative estimate of drug-likeness (QED) is 0.376. The smallest absolute Gasteiger partial charge is 0.312 e. The number of halogens is 2. The minimum Gasteiger partial charge on any atom is -0.466 e. The topological polar surface area (TPSA) is 105 Å². The number of amides is 2. The lowest BCUT2D eigenvalue weighted by Crippen LogP contribution is -2.57. The molecule has 186 valence electrons. The Morgan fingerprint density at radius 2 is 2.03 bits per heavy atom. The highest BCUT2D eigenvalue weighted by atomic mass is 79.9. The molecule has 3 fully saturated rings. The number of hydrogen-bond acceptors (Lipinski definition) is 6. The Labute approximate surface area is 212 Å². The van der Waals surface area contributed by atoms with Crippen LogP contribution in [0.25, 0.3) is 0 Å². The van der Waals surface area contributed by atoms with Crippen LogP contribution in [0.2, 0.25) is 5.02 Å². The first-order valence-electron chi connectivity index (χ1n) is 11.7. The second-order valence-electron chi connectivity index (χ2n) is 9.29. The summed E-state index contributed by atoms with van der Waals surface area (Å²) in [6.07, 6.45) is 0.513. The van der Waals surface area contributed by atoms with Crippen LogP contribution in [0.1, 0.15) is 33.6 Å². The molecule has 8 atom stereocenters. The van der Waals surface area contributed by atoms with Gasteiger partial charge in [0.1, 0.15) is 11.6 Å². The third-order valence-electron chi connectivity index (χ3n) is 7.49. The lowest BCUT2D eigenvalue weighted by atomic mass is 9.70. The zero-order chi connectivity index (χ0) is 24.8. The van der Waals surface area contributed by atoms with Gasteiger partial charge in [-0.25, -0.2) is 0 Å². The first kappa shape index (κ1) is 25.4. The average Bonchev–Trinajstić information content (AvgIpc) is 3.39. The largest absolute Gasteiger partial charge is 0.466 e.